The van der Waals surface area contributed by atoms with Crippen molar-refractivity contribution in [1.29, 1.82) is 0 Å². The number of aromatic amines is 1. The monoisotopic (exact) mass is 453 g/mol. The van der Waals surface area contributed by atoms with E-state index in [0.29, 0.717) is 17.0 Å². The number of anilines is 2. The predicted octanol–water partition coefficient (Wildman–Crippen LogP) is 4.74. The minimum absolute atomic E-state index is 0.0339. The van der Waals surface area contributed by atoms with Crippen LogP contribution in [0.3, 0.4) is 0 Å². The Morgan fingerprint density at radius 1 is 1.03 bits per heavy atom. The van der Waals surface area contributed by atoms with Gasteiger partial charge in [0.2, 0.25) is 0 Å². The zero-order valence-electron chi connectivity index (χ0n) is 15.7. The first-order valence-corrected chi connectivity index (χ1v) is 9.50. The first-order chi connectivity index (χ1) is 14.7. The number of halogens is 4. The van der Waals surface area contributed by atoms with Crippen LogP contribution in [0.2, 0.25) is 5.02 Å². The molecule has 0 aliphatic carbocycles. The number of carbonyl (C=O) groups is 2. The topological polar surface area (TPSA) is 92.5 Å². The van der Waals surface area contributed by atoms with Gasteiger partial charge in [0.05, 0.1) is 18.9 Å². The second kappa shape index (κ2) is 8.03. The van der Waals surface area contributed by atoms with E-state index in [1.807, 2.05) is 0 Å². The van der Waals surface area contributed by atoms with Gasteiger partial charge in [0.1, 0.15) is 5.69 Å². The van der Waals surface area contributed by atoms with E-state index in [0.717, 1.165) is 5.39 Å². The van der Waals surface area contributed by atoms with Crippen molar-refractivity contribution < 1.29 is 32.2 Å². The summed E-state index contributed by atoms with van der Waals surface area (Å²) in [6.45, 7) is 0.463. The second-order valence-electron chi connectivity index (χ2n) is 6.72. The summed E-state index contributed by atoms with van der Waals surface area (Å²) in [5.74, 6) is -2.64. The molecule has 11 heteroatoms. The molecule has 1 aliphatic rings. The Morgan fingerprint density at radius 2 is 1.81 bits per heavy atom. The van der Waals surface area contributed by atoms with Crippen molar-refractivity contribution in [3.05, 3.63) is 47.1 Å². The maximum Gasteiger partial charge on any atom is 0.471 e. The number of aromatic nitrogens is 1. The Hall–Kier alpha value is -3.40. The third-order valence-corrected chi connectivity index (χ3v) is 4.67. The van der Waals surface area contributed by atoms with Gasteiger partial charge in [0, 0.05) is 34.1 Å². The van der Waals surface area contributed by atoms with Crippen LogP contribution in [-0.2, 0) is 4.79 Å². The highest BCUT2D eigenvalue weighted by Crippen LogP contribution is 2.41. The van der Waals surface area contributed by atoms with Crippen LogP contribution in [0.1, 0.15) is 16.9 Å². The van der Waals surface area contributed by atoms with Gasteiger partial charge in [-0.05, 0) is 30.3 Å². The van der Waals surface area contributed by atoms with E-state index in [1.165, 1.54) is 12.1 Å². The normalized spacial score (nSPS) is 13.5. The molecule has 0 atom stereocenters. The summed E-state index contributed by atoms with van der Waals surface area (Å²) in [7, 11) is 0. The molecular weight excluding hydrogens is 439 g/mol. The summed E-state index contributed by atoms with van der Waals surface area (Å²) in [4.78, 5) is 27.1. The van der Waals surface area contributed by atoms with Gasteiger partial charge >= 0.3 is 12.1 Å². The molecule has 0 bridgehead atoms. The Balaban J connectivity index is 1.65. The Bertz CT molecular complexity index is 1180. The molecule has 31 heavy (non-hydrogen) atoms. The number of fused-ring (bicyclic) bond motifs is 2. The average molecular weight is 454 g/mol. The van der Waals surface area contributed by atoms with Crippen LogP contribution < -0.4 is 20.1 Å². The maximum absolute atomic E-state index is 12.7. The number of benzene rings is 2. The summed E-state index contributed by atoms with van der Waals surface area (Å²) in [6.07, 6.45) is -4.59. The van der Waals surface area contributed by atoms with Crippen molar-refractivity contribution in [1.82, 2.24) is 4.98 Å². The van der Waals surface area contributed by atoms with E-state index in [9.17, 15) is 22.8 Å². The van der Waals surface area contributed by atoms with Crippen molar-refractivity contribution >= 4 is 45.7 Å². The van der Waals surface area contributed by atoms with Gasteiger partial charge in [-0.2, -0.15) is 13.2 Å². The highest BCUT2D eigenvalue weighted by Gasteiger charge is 2.39. The first kappa shape index (κ1) is 20.9. The molecule has 0 saturated heterocycles. The van der Waals surface area contributed by atoms with Crippen LogP contribution in [0.15, 0.2) is 36.4 Å². The largest absolute Gasteiger partial charge is 0.489 e. The van der Waals surface area contributed by atoms with E-state index in [2.05, 4.69) is 10.3 Å². The number of ether oxygens (including phenoxy) is 2. The zero-order chi connectivity index (χ0) is 22.2. The third-order valence-electron chi connectivity index (χ3n) is 4.44. The third kappa shape index (κ3) is 4.53. The molecule has 2 aromatic carbocycles. The number of nitrogens with one attached hydrogen (secondary N) is 3. The number of hydrogen-bond donors (Lipinski definition) is 3. The molecule has 0 radical (unpaired) electrons. The number of amides is 2. The van der Waals surface area contributed by atoms with Gasteiger partial charge < -0.3 is 25.1 Å². The fourth-order valence-electron chi connectivity index (χ4n) is 3.06. The van der Waals surface area contributed by atoms with Gasteiger partial charge in [0.15, 0.2) is 11.5 Å². The van der Waals surface area contributed by atoms with Gasteiger partial charge in [-0.3, -0.25) is 9.59 Å². The number of H-pyrrole nitrogens is 1. The van der Waals surface area contributed by atoms with Gasteiger partial charge in [-0.15, -0.1) is 0 Å². The number of carbonyl (C=O) groups excluding carboxylic acids is 2. The highest BCUT2D eigenvalue weighted by molar-refractivity contribution is 6.31. The summed E-state index contributed by atoms with van der Waals surface area (Å²) < 4.78 is 49.2. The van der Waals surface area contributed by atoms with Gasteiger partial charge in [0.25, 0.3) is 5.91 Å². The molecular formula is C20H15ClF3N3O4. The van der Waals surface area contributed by atoms with E-state index in [4.69, 9.17) is 21.1 Å². The minimum atomic E-state index is -5.09. The van der Waals surface area contributed by atoms with Crippen LogP contribution in [-0.4, -0.2) is 36.2 Å². The number of hydrogen-bond acceptors (Lipinski definition) is 4. The smallest absolute Gasteiger partial charge is 0.471 e. The SMILES string of the molecule is O=C(Nc1cc(NC(=O)C(F)(F)F)c2c(c1)OCCCO2)c1cc2cc(Cl)ccc2[nH]1. The maximum atomic E-state index is 12.7. The van der Waals surface area contributed by atoms with E-state index in [1.54, 1.807) is 29.6 Å². The molecule has 1 aliphatic heterocycles. The lowest BCUT2D eigenvalue weighted by Gasteiger charge is -2.16. The molecule has 0 unspecified atom stereocenters. The van der Waals surface area contributed by atoms with E-state index >= 15 is 0 Å². The van der Waals surface area contributed by atoms with Crippen molar-refractivity contribution in [3.63, 3.8) is 0 Å². The van der Waals surface area contributed by atoms with Crippen LogP contribution in [0.25, 0.3) is 10.9 Å². The highest BCUT2D eigenvalue weighted by atomic mass is 35.5. The summed E-state index contributed by atoms with van der Waals surface area (Å²) in [5, 5.41) is 5.58. The van der Waals surface area contributed by atoms with Gasteiger partial charge in [-0.25, -0.2) is 0 Å². The van der Waals surface area contributed by atoms with Crippen LogP contribution in [0, 0.1) is 0 Å². The average Bonchev–Trinajstić information content (AvgIpc) is 2.97. The Labute approximate surface area is 178 Å². The standard InChI is InChI=1S/C20H15ClF3N3O4/c21-11-2-3-13-10(6-11)7-15(26-13)18(28)25-12-8-14(27-19(29)20(22,23)24)17-16(9-12)30-4-1-5-31-17/h2-3,6-9,26H,1,4-5H2,(H,25,28)(H,27,29). The molecule has 2 heterocycles. The van der Waals surface area contributed by atoms with E-state index in [-0.39, 0.29) is 41.8 Å². The Morgan fingerprint density at radius 3 is 2.58 bits per heavy atom. The fraction of sp³-hybridized carbons (Fsp3) is 0.200. The van der Waals surface area contributed by atoms with Gasteiger partial charge in [-0.1, -0.05) is 11.6 Å². The van der Waals surface area contributed by atoms with Crippen LogP contribution in [0.5, 0.6) is 11.5 Å². The molecule has 162 valence electrons. The van der Waals surface area contributed by atoms with Crippen molar-refractivity contribution in [2.24, 2.45) is 0 Å². The quantitative estimate of drug-likeness (QED) is 0.534. The van der Waals surface area contributed by atoms with Crippen molar-refractivity contribution in [2.45, 2.75) is 12.6 Å². The lowest BCUT2D eigenvalue weighted by Crippen LogP contribution is -2.30. The lowest BCUT2D eigenvalue weighted by atomic mass is 10.2. The second-order valence-corrected chi connectivity index (χ2v) is 7.16. The first-order valence-electron chi connectivity index (χ1n) is 9.12. The number of alkyl halides is 3. The molecule has 3 aromatic rings. The predicted molar refractivity (Wildman–Crippen MR) is 108 cm³/mol. The van der Waals surface area contributed by atoms with Crippen LogP contribution >= 0.6 is 11.6 Å². The summed E-state index contributed by atoms with van der Waals surface area (Å²) in [5.41, 5.74) is 0.750. The molecule has 7 nitrogen and oxygen atoms in total. The van der Waals surface area contributed by atoms with Crippen molar-refractivity contribution in [3.8, 4) is 11.5 Å². The molecule has 0 fully saturated rings. The lowest BCUT2D eigenvalue weighted by molar-refractivity contribution is -0.167. The summed E-state index contributed by atoms with van der Waals surface area (Å²) in [6, 6.07) is 9.25. The molecule has 3 N–H and O–H groups in total. The van der Waals surface area contributed by atoms with E-state index < -0.39 is 18.0 Å². The molecule has 0 spiro atoms. The number of rotatable bonds is 3. The molecule has 1 aromatic heterocycles. The molecule has 0 saturated carbocycles. The fourth-order valence-corrected chi connectivity index (χ4v) is 3.24. The van der Waals surface area contributed by atoms with Crippen molar-refractivity contribution in [2.75, 3.05) is 23.8 Å². The Kier molecular flexibility index (Phi) is 5.40. The summed E-state index contributed by atoms with van der Waals surface area (Å²) >= 11 is 5.95. The van der Waals surface area contributed by atoms with Crippen LogP contribution in [0.4, 0.5) is 24.5 Å². The minimum Gasteiger partial charge on any atom is -0.489 e. The molecule has 2 amide bonds. The molecule has 4 rings (SSSR count). The zero-order valence-corrected chi connectivity index (χ0v) is 16.5.